The Morgan fingerprint density at radius 2 is 1.86 bits per heavy atom. The summed E-state index contributed by atoms with van der Waals surface area (Å²) in [7, 11) is -3.60. The summed E-state index contributed by atoms with van der Waals surface area (Å²) in [4.78, 5) is 0. The summed E-state index contributed by atoms with van der Waals surface area (Å²) >= 11 is 3.36. The lowest BCUT2D eigenvalue weighted by Crippen LogP contribution is -2.07. The second-order valence-corrected chi connectivity index (χ2v) is 7.30. The zero-order valence-corrected chi connectivity index (χ0v) is 13.6. The van der Waals surface area contributed by atoms with Crippen molar-refractivity contribution < 1.29 is 8.42 Å². The Bertz CT molecular complexity index is 909. The molecule has 1 N–H and O–H groups in total. The maximum Gasteiger partial charge on any atom is 0.208 e. The predicted octanol–water partition coefficient (Wildman–Crippen LogP) is 1.49. The number of nitrogens with one attached hydrogen (secondary N) is 1. The summed E-state index contributed by atoms with van der Waals surface area (Å²) < 4.78 is 24.9. The van der Waals surface area contributed by atoms with Gasteiger partial charge in [-0.3, -0.25) is 0 Å². The van der Waals surface area contributed by atoms with Gasteiger partial charge < -0.3 is 0 Å². The molecule has 1 aromatic carbocycles. The number of benzene rings is 1. The molecule has 0 amide bonds. The Hall–Kier alpha value is -2.20. The minimum atomic E-state index is -3.60. The minimum absolute atomic E-state index is 0.147. The number of hydrogen-bond donors (Lipinski definition) is 1. The zero-order chi connectivity index (χ0) is 15.7. The van der Waals surface area contributed by atoms with Crippen LogP contribution in [0.1, 0.15) is 0 Å². The van der Waals surface area contributed by atoms with Crippen LogP contribution >= 0.6 is 15.9 Å². The first-order valence-corrected chi connectivity index (χ1v) is 8.71. The molecule has 0 aliphatic carbocycles. The van der Waals surface area contributed by atoms with E-state index in [1.165, 1.54) is 6.20 Å². The van der Waals surface area contributed by atoms with Gasteiger partial charge in [0, 0.05) is 16.3 Å². The fourth-order valence-electron chi connectivity index (χ4n) is 1.96. The quantitative estimate of drug-likeness (QED) is 0.731. The highest BCUT2D eigenvalue weighted by Gasteiger charge is 2.24. The van der Waals surface area contributed by atoms with Crippen molar-refractivity contribution in [3.05, 3.63) is 34.9 Å². The Balaban J connectivity index is 2.34. The molecule has 0 aliphatic rings. The molecule has 0 fully saturated rings. The van der Waals surface area contributed by atoms with Gasteiger partial charge in [0.2, 0.25) is 5.82 Å². The van der Waals surface area contributed by atoms with Crippen LogP contribution in [0.4, 0.5) is 0 Å². The molecule has 2 heterocycles. The third-order valence-electron chi connectivity index (χ3n) is 2.89. The summed E-state index contributed by atoms with van der Waals surface area (Å²) in [6.07, 6.45) is 2.54. The summed E-state index contributed by atoms with van der Waals surface area (Å²) in [5.74, 6) is 0.147. The van der Waals surface area contributed by atoms with Crippen LogP contribution in [0.25, 0.3) is 22.5 Å². The Kier molecular flexibility index (Phi) is 3.71. The fourth-order valence-corrected chi connectivity index (χ4v) is 2.99. The molecule has 0 aliphatic heterocycles. The topological polar surface area (TPSA) is 114 Å². The minimum Gasteiger partial charge on any atom is -0.222 e. The summed E-state index contributed by atoms with van der Waals surface area (Å²) in [6, 6.07) is 7.35. The van der Waals surface area contributed by atoms with Gasteiger partial charge in [0.1, 0.15) is 0 Å². The van der Waals surface area contributed by atoms with Crippen LogP contribution in [0.5, 0.6) is 0 Å². The third kappa shape index (κ3) is 2.74. The lowest BCUT2D eigenvalue weighted by atomic mass is 10.0. The molecule has 0 unspecified atom stereocenters. The summed E-state index contributed by atoms with van der Waals surface area (Å²) in [6.45, 7) is 0. The van der Waals surface area contributed by atoms with E-state index in [4.69, 9.17) is 0 Å². The van der Waals surface area contributed by atoms with Crippen LogP contribution < -0.4 is 0 Å². The fraction of sp³-hybridized carbons (Fsp3) is 0.0833. The first kappa shape index (κ1) is 14.7. The highest BCUT2D eigenvalue weighted by atomic mass is 79.9. The van der Waals surface area contributed by atoms with E-state index in [9.17, 15) is 8.42 Å². The van der Waals surface area contributed by atoms with Gasteiger partial charge in [0.05, 0.1) is 11.8 Å². The van der Waals surface area contributed by atoms with E-state index in [2.05, 4.69) is 46.8 Å². The van der Waals surface area contributed by atoms with Crippen molar-refractivity contribution in [3.63, 3.8) is 0 Å². The highest BCUT2D eigenvalue weighted by molar-refractivity contribution is 9.10. The number of aromatic nitrogens is 6. The molecule has 3 rings (SSSR count). The van der Waals surface area contributed by atoms with Crippen LogP contribution in [-0.2, 0) is 9.84 Å². The van der Waals surface area contributed by atoms with Crippen molar-refractivity contribution in [2.45, 2.75) is 5.03 Å². The monoisotopic (exact) mass is 380 g/mol. The molecule has 112 valence electrons. The van der Waals surface area contributed by atoms with Crippen molar-refractivity contribution in [3.8, 4) is 22.5 Å². The molecule has 0 spiro atoms. The Morgan fingerprint density at radius 3 is 2.45 bits per heavy atom. The molecule has 10 heteroatoms. The highest BCUT2D eigenvalue weighted by Crippen LogP contribution is 2.33. The number of tetrazole rings is 1. The SMILES string of the molecule is CS(=O)(=O)c1nncc(-c2ccc(Br)cc2)c1-c1nn[nH]n1. The standard InChI is InChI=1S/C12H9BrN6O2S/c1-22(20,21)12-10(11-15-18-19-16-11)9(6-14-17-12)7-2-4-8(13)5-3-7/h2-6H,1H3,(H,15,16,18,19). The molecule has 8 nitrogen and oxygen atoms in total. The van der Waals surface area contributed by atoms with E-state index < -0.39 is 9.84 Å². The van der Waals surface area contributed by atoms with E-state index >= 15 is 0 Å². The van der Waals surface area contributed by atoms with Crippen molar-refractivity contribution in [1.82, 2.24) is 30.8 Å². The smallest absolute Gasteiger partial charge is 0.208 e. The van der Waals surface area contributed by atoms with Crippen LogP contribution in [0.2, 0.25) is 0 Å². The largest absolute Gasteiger partial charge is 0.222 e. The lowest BCUT2D eigenvalue weighted by molar-refractivity contribution is 0.596. The second-order valence-electron chi connectivity index (χ2n) is 4.45. The predicted molar refractivity (Wildman–Crippen MR) is 81.4 cm³/mol. The number of nitrogens with zero attached hydrogens (tertiary/aromatic N) is 5. The van der Waals surface area contributed by atoms with Gasteiger partial charge >= 0.3 is 0 Å². The molecule has 2 aromatic heterocycles. The third-order valence-corrected chi connectivity index (χ3v) is 4.41. The number of H-pyrrole nitrogens is 1. The number of aromatic amines is 1. The Morgan fingerprint density at radius 1 is 1.14 bits per heavy atom. The average Bonchev–Trinajstić information content (AvgIpc) is 3.00. The first-order valence-electron chi connectivity index (χ1n) is 6.02. The molecular weight excluding hydrogens is 372 g/mol. The van der Waals surface area contributed by atoms with Crippen molar-refractivity contribution >= 4 is 25.8 Å². The second kappa shape index (κ2) is 5.54. The number of rotatable bonds is 3. The van der Waals surface area contributed by atoms with Gasteiger partial charge in [-0.05, 0) is 22.9 Å². The Labute approximate surface area is 134 Å². The first-order chi connectivity index (χ1) is 10.5. The van der Waals surface area contributed by atoms with E-state index in [0.29, 0.717) is 5.56 Å². The molecule has 3 aromatic rings. The van der Waals surface area contributed by atoms with Gasteiger partial charge in [-0.1, -0.05) is 28.1 Å². The normalized spacial score (nSPS) is 11.5. The van der Waals surface area contributed by atoms with Crippen LogP contribution in [0, 0.1) is 0 Å². The summed E-state index contributed by atoms with van der Waals surface area (Å²) in [5, 5.41) is 20.9. The maximum absolute atomic E-state index is 12.0. The van der Waals surface area contributed by atoms with Gasteiger partial charge in [-0.2, -0.15) is 10.3 Å². The van der Waals surface area contributed by atoms with Crippen LogP contribution in [0.15, 0.2) is 40.0 Å². The lowest BCUT2D eigenvalue weighted by Gasteiger charge is -2.09. The van der Waals surface area contributed by atoms with Gasteiger partial charge in [-0.25, -0.2) is 8.42 Å². The van der Waals surface area contributed by atoms with Gasteiger partial charge in [0.15, 0.2) is 14.9 Å². The molecule has 22 heavy (non-hydrogen) atoms. The average molecular weight is 381 g/mol. The van der Waals surface area contributed by atoms with Crippen molar-refractivity contribution in [1.29, 1.82) is 0 Å². The van der Waals surface area contributed by atoms with Crippen LogP contribution in [0.3, 0.4) is 0 Å². The van der Waals surface area contributed by atoms with Gasteiger partial charge in [-0.15, -0.1) is 15.3 Å². The maximum atomic E-state index is 12.0. The van der Waals surface area contributed by atoms with Crippen molar-refractivity contribution in [2.24, 2.45) is 0 Å². The molecule has 0 bridgehead atoms. The molecule has 0 saturated heterocycles. The molecule has 0 saturated carbocycles. The molecular formula is C12H9BrN6O2S. The molecule has 0 radical (unpaired) electrons. The summed E-state index contributed by atoms with van der Waals surface area (Å²) in [5.41, 5.74) is 1.60. The van der Waals surface area contributed by atoms with Crippen molar-refractivity contribution in [2.75, 3.05) is 6.26 Å². The van der Waals surface area contributed by atoms with E-state index in [1.54, 1.807) is 0 Å². The van der Waals surface area contributed by atoms with Gasteiger partial charge in [0.25, 0.3) is 0 Å². The molecule has 0 atom stereocenters. The number of hydrogen-bond acceptors (Lipinski definition) is 7. The van der Waals surface area contributed by atoms with E-state index in [-0.39, 0.29) is 16.4 Å². The van der Waals surface area contributed by atoms with Crippen LogP contribution in [-0.4, -0.2) is 45.5 Å². The van der Waals surface area contributed by atoms with E-state index in [0.717, 1.165) is 16.3 Å². The van der Waals surface area contributed by atoms with E-state index in [1.807, 2.05) is 24.3 Å². The zero-order valence-electron chi connectivity index (χ0n) is 11.2. The number of sulfone groups is 1. The number of halogens is 1.